The van der Waals surface area contributed by atoms with E-state index in [1.165, 1.54) is 7.11 Å². The highest BCUT2D eigenvalue weighted by Crippen LogP contribution is 2.24. The second kappa shape index (κ2) is 6.43. The number of rotatable bonds is 6. The smallest absolute Gasteiger partial charge is 0.323 e. The van der Waals surface area contributed by atoms with Gasteiger partial charge in [0.2, 0.25) is 0 Å². The molecule has 0 aromatic rings. The van der Waals surface area contributed by atoms with Crippen molar-refractivity contribution in [1.82, 2.24) is 0 Å². The molecular weight excluding hydrogens is 196 g/mol. The van der Waals surface area contributed by atoms with Crippen LogP contribution in [0.3, 0.4) is 0 Å². The zero-order chi connectivity index (χ0) is 11.9. The summed E-state index contributed by atoms with van der Waals surface area (Å²) in [4.78, 5) is 23.1. The summed E-state index contributed by atoms with van der Waals surface area (Å²) >= 11 is 0. The van der Waals surface area contributed by atoms with E-state index in [0.717, 1.165) is 12.8 Å². The van der Waals surface area contributed by atoms with E-state index >= 15 is 0 Å². The van der Waals surface area contributed by atoms with E-state index in [1.54, 1.807) is 13.8 Å². The summed E-state index contributed by atoms with van der Waals surface area (Å²) in [5, 5.41) is 0. The molecule has 0 amide bonds. The predicted molar refractivity (Wildman–Crippen MR) is 56.3 cm³/mol. The minimum absolute atomic E-state index is 0.363. The Morgan fingerprint density at radius 2 is 1.80 bits per heavy atom. The fraction of sp³-hybridized carbons (Fsp3) is 0.818. The summed E-state index contributed by atoms with van der Waals surface area (Å²) in [5.74, 6) is -1.03. The van der Waals surface area contributed by atoms with Crippen LogP contribution >= 0.6 is 0 Å². The Hall–Kier alpha value is -1.06. The topological polar surface area (TPSA) is 52.6 Å². The molecule has 0 fully saturated rings. The van der Waals surface area contributed by atoms with Gasteiger partial charge in [0.25, 0.3) is 0 Å². The van der Waals surface area contributed by atoms with Crippen LogP contribution in [0.15, 0.2) is 0 Å². The Labute approximate surface area is 90.9 Å². The average Bonchev–Trinajstić information content (AvgIpc) is 2.26. The number of methoxy groups -OCH3 is 1. The minimum Gasteiger partial charge on any atom is -0.468 e. The molecule has 0 aromatic carbocycles. The Balaban J connectivity index is 4.38. The van der Waals surface area contributed by atoms with Crippen molar-refractivity contribution in [3.63, 3.8) is 0 Å². The van der Waals surface area contributed by atoms with Gasteiger partial charge in [-0.3, -0.25) is 9.59 Å². The van der Waals surface area contributed by atoms with E-state index < -0.39 is 17.4 Å². The normalized spacial score (nSPS) is 14.1. The minimum atomic E-state index is -1.16. The van der Waals surface area contributed by atoms with E-state index in [-0.39, 0.29) is 0 Å². The first-order valence-corrected chi connectivity index (χ1v) is 5.28. The summed E-state index contributed by atoms with van der Waals surface area (Å²) in [7, 11) is 1.27. The van der Waals surface area contributed by atoms with Gasteiger partial charge in [0, 0.05) is 0 Å². The van der Waals surface area contributed by atoms with Crippen LogP contribution in [0.1, 0.15) is 40.0 Å². The van der Waals surface area contributed by atoms with E-state index in [9.17, 15) is 9.59 Å². The standard InChI is InChI=1S/C11H20O4/c1-5-7-8-15-10(13)11(3,6-2)9(12)14-4/h5-8H2,1-4H3. The number of carbonyl (C=O) groups is 2. The lowest BCUT2D eigenvalue weighted by Crippen LogP contribution is -2.38. The lowest BCUT2D eigenvalue weighted by molar-refractivity contribution is -0.169. The van der Waals surface area contributed by atoms with E-state index in [0.29, 0.717) is 13.0 Å². The van der Waals surface area contributed by atoms with Gasteiger partial charge in [0.05, 0.1) is 13.7 Å². The highest BCUT2D eigenvalue weighted by atomic mass is 16.6. The zero-order valence-electron chi connectivity index (χ0n) is 9.96. The molecule has 0 aliphatic rings. The van der Waals surface area contributed by atoms with Gasteiger partial charge < -0.3 is 9.47 Å². The first-order valence-electron chi connectivity index (χ1n) is 5.28. The van der Waals surface area contributed by atoms with Crippen molar-refractivity contribution in [2.45, 2.75) is 40.0 Å². The van der Waals surface area contributed by atoms with E-state index in [1.807, 2.05) is 6.92 Å². The molecule has 88 valence electrons. The monoisotopic (exact) mass is 216 g/mol. The molecule has 0 N–H and O–H groups in total. The van der Waals surface area contributed by atoms with Crippen molar-refractivity contribution in [3.8, 4) is 0 Å². The van der Waals surface area contributed by atoms with Gasteiger partial charge >= 0.3 is 11.9 Å². The second-order valence-corrected chi connectivity index (χ2v) is 3.67. The van der Waals surface area contributed by atoms with Crippen molar-refractivity contribution >= 4 is 11.9 Å². The van der Waals surface area contributed by atoms with Gasteiger partial charge in [0.1, 0.15) is 0 Å². The van der Waals surface area contributed by atoms with Crippen molar-refractivity contribution in [1.29, 1.82) is 0 Å². The molecule has 0 radical (unpaired) electrons. The van der Waals surface area contributed by atoms with Crippen LogP contribution in [0.2, 0.25) is 0 Å². The van der Waals surface area contributed by atoms with Gasteiger partial charge in [-0.2, -0.15) is 0 Å². The third-order valence-corrected chi connectivity index (χ3v) is 2.52. The quantitative estimate of drug-likeness (QED) is 0.386. The van der Waals surface area contributed by atoms with Crippen molar-refractivity contribution < 1.29 is 19.1 Å². The van der Waals surface area contributed by atoms with Crippen LogP contribution in [-0.4, -0.2) is 25.7 Å². The van der Waals surface area contributed by atoms with Crippen LogP contribution in [0.25, 0.3) is 0 Å². The Morgan fingerprint density at radius 3 is 2.20 bits per heavy atom. The average molecular weight is 216 g/mol. The number of ether oxygens (including phenoxy) is 2. The molecule has 0 rings (SSSR count). The molecule has 0 spiro atoms. The number of hydrogen-bond donors (Lipinski definition) is 0. The molecule has 1 atom stereocenters. The maximum atomic E-state index is 11.6. The Kier molecular flexibility index (Phi) is 5.97. The summed E-state index contributed by atoms with van der Waals surface area (Å²) in [6.45, 7) is 5.68. The molecule has 0 saturated carbocycles. The van der Waals surface area contributed by atoms with Crippen LogP contribution in [0, 0.1) is 5.41 Å². The van der Waals surface area contributed by atoms with Crippen molar-refractivity contribution in [2.75, 3.05) is 13.7 Å². The third-order valence-electron chi connectivity index (χ3n) is 2.52. The number of carbonyl (C=O) groups excluding carboxylic acids is 2. The Bertz CT molecular complexity index is 225. The summed E-state index contributed by atoms with van der Waals surface area (Å²) in [6.07, 6.45) is 2.14. The largest absolute Gasteiger partial charge is 0.468 e. The lowest BCUT2D eigenvalue weighted by atomic mass is 9.88. The van der Waals surface area contributed by atoms with Crippen molar-refractivity contribution in [2.24, 2.45) is 5.41 Å². The fourth-order valence-corrected chi connectivity index (χ4v) is 1.07. The predicted octanol–water partition coefficient (Wildman–Crippen LogP) is 1.92. The molecule has 0 aromatic heterocycles. The zero-order valence-corrected chi connectivity index (χ0v) is 9.96. The first-order chi connectivity index (χ1) is 7.02. The number of esters is 2. The van der Waals surface area contributed by atoms with Crippen LogP contribution in [0.5, 0.6) is 0 Å². The molecule has 0 aliphatic carbocycles. The fourth-order valence-electron chi connectivity index (χ4n) is 1.07. The summed E-state index contributed by atoms with van der Waals surface area (Å²) < 4.78 is 9.62. The third kappa shape index (κ3) is 3.53. The highest BCUT2D eigenvalue weighted by molar-refractivity contribution is 5.99. The molecule has 4 heteroatoms. The van der Waals surface area contributed by atoms with Crippen molar-refractivity contribution in [3.05, 3.63) is 0 Å². The second-order valence-electron chi connectivity index (χ2n) is 3.67. The number of unbranched alkanes of at least 4 members (excludes halogenated alkanes) is 1. The molecule has 15 heavy (non-hydrogen) atoms. The maximum absolute atomic E-state index is 11.6. The SMILES string of the molecule is CCCCOC(=O)C(C)(CC)C(=O)OC. The van der Waals surface area contributed by atoms with Gasteiger partial charge in [-0.1, -0.05) is 20.3 Å². The van der Waals surface area contributed by atoms with Crippen LogP contribution in [-0.2, 0) is 19.1 Å². The van der Waals surface area contributed by atoms with Crippen LogP contribution < -0.4 is 0 Å². The van der Waals surface area contributed by atoms with Gasteiger partial charge in [0.15, 0.2) is 5.41 Å². The lowest BCUT2D eigenvalue weighted by Gasteiger charge is -2.22. The highest BCUT2D eigenvalue weighted by Gasteiger charge is 2.42. The van der Waals surface area contributed by atoms with Gasteiger partial charge in [-0.15, -0.1) is 0 Å². The summed E-state index contributed by atoms with van der Waals surface area (Å²) in [6, 6.07) is 0. The molecule has 0 saturated heterocycles. The maximum Gasteiger partial charge on any atom is 0.323 e. The molecule has 4 nitrogen and oxygen atoms in total. The molecule has 0 aliphatic heterocycles. The van der Waals surface area contributed by atoms with Gasteiger partial charge in [-0.05, 0) is 19.8 Å². The molecule has 1 unspecified atom stereocenters. The van der Waals surface area contributed by atoms with E-state index in [2.05, 4.69) is 4.74 Å². The molecule has 0 heterocycles. The Morgan fingerprint density at radius 1 is 1.20 bits per heavy atom. The molecular formula is C11H20O4. The summed E-state index contributed by atoms with van der Waals surface area (Å²) in [5.41, 5.74) is -1.16. The van der Waals surface area contributed by atoms with E-state index in [4.69, 9.17) is 4.74 Å². The number of hydrogen-bond acceptors (Lipinski definition) is 4. The van der Waals surface area contributed by atoms with Gasteiger partial charge in [-0.25, -0.2) is 0 Å². The van der Waals surface area contributed by atoms with Crippen LogP contribution in [0.4, 0.5) is 0 Å². The first kappa shape index (κ1) is 13.9. The molecule has 0 bridgehead atoms.